The van der Waals surface area contributed by atoms with E-state index in [1.54, 1.807) is 7.11 Å². The Morgan fingerprint density at radius 1 is 1.26 bits per heavy atom. The van der Waals surface area contributed by atoms with E-state index >= 15 is 0 Å². The first-order chi connectivity index (χ1) is 13.2. The highest BCUT2D eigenvalue weighted by molar-refractivity contribution is 5.62. The molecule has 0 radical (unpaired) electrons. The molecule has 2 aliphatic rings. The Balaban J connectivity index is 1.51. The minimum Gasteiger partial charge on any atom is -0.495 e. The van der Waals surface area contributed by atoms with Crippen molar-refractivity contribution in [3.05, 3.63) is 36.2 Å². The van der Waals surface area contributed by atoms with E-state index in [1.807, 2.05) is 35.0 Å². The van der Waals surface area contributed by atoms with Crippen molar-refractivity contribution >= 4 is 11.5 Å². The lowest BCUT2D eigenvalue weighted by Gasteiger charge is -2.17. The van der Waals surface area contributed by atoms with Crippen LogP contribution in [0.25, 0.3) is 17.0 Å². The van der Waals surface area contributed by atoms with Crippen LogP contribution in [0.1, 0.15) is 31.4 Å². The van der Waals surface area contributed by atoms with E-state index in [0.29, 0.717) is 17.9 Å². The summed E-state index contributed by atoms with van der Waals surface area (Å²) in [6, 6.07) is 8.43. The molecule has 2 atom stereocenters. The standard InChI is InChI=1S/C20H24N6O/c1-12-9-21-10-15(12)24-18-5-3-4-14(23-18)16-11-22-19-8-17(27-2)20(13-6-7-13)25-26(16)19/h3-5,8,11-13,15,21H,6-7,9-10H2,1-2H3,(H,23,24)/t12-,15-/m0/s1. The summed E-state index contributed by atoms with van der Waals surface area (Å²) in [5.41, 5.74) is 3.56. The van der Waals surface area contributed by atoms with Crippen molar-refractivity contribution in [3.63, 3.8) is 0 Å². The van der Waals surface area contributed by atoms with Crippen LogP contribution in [0.15, 0.2) is 30.5 Å². The summed E-state index contributed by atoms with van der Waals surface area (Å²) >= 11 is 0. The van der Waals surface area contributed by atoms with E-state index in [2.05, 4.69) is 22.5 Å². The zero-order chi connectivity index (χ0) is 18.4. The molecular weight excluding hydrogens is 340 g/mol. The Kier molecular flexibility index (Phi) is 3.97. The number of anilines is 1. The molecule has 2 fully saturated rings. The molecule has 1 saturated heterocycles. The van der Waals surface area contributed by atoms with Crippen LogP contribution in [-0.2, 0) is 0 Å². The number of pyridine rings is 1. The first-order valence-corrected chi connectivity index (χ1v) is 9.60. The second kappa shape index (κ2) is 6.49. The number of hydrogen-bond donors (Lipinski definition) is 2. The Bertz CT molecular complexity index is 980. The quantitative estimate of drug-likeness (QED) is 0.725. The predicted octanol–water partition coefficient (Wildman–Crippen LogP) is 2.70. The number of aromatic nitrogens is 4. The summed E-state index contributed by atoms with van der Waals surface area (Å²) in [5.74, 6) is 2.80. The molecule has 0 unspecified atom stereocenters. The molecule has 7 heteroatoms. The topological polar surface area (TPSA) is 76.4 Å². The highest BCUT2D eigenvalue weighted by atomic mass is 16.5. The third-order valence-corrected chi connectivity index (χ3v) is 5.53. The molecule has 1 saturated carbocycles. The van der Waals surface area contributed by atoms with Gasteiger partial charge in [0.25, 0.3) is 0 Å². The molecule has 140 valence electrons. The van der Waals surface area contributed by atoms with Crippen LogP contribution in [0.2, 0.25) is 0 Å². The van der Waals surface area contributed by atoms with Gasteiger partial charge in [-0.3, -0.25) is 0 Å². The highest BCUT2D eigenvalue weighted by Crippen LogP contribution is 2.43. The van der Waals surface area contributed by atoms with Crippen LogP contribution >= 0.6 is 0 Å². The molecule has 1 aliphatic carbocycles. The van der Waals surface area contributed by atoms with Crippen LogP contribution in [-0.4, -0.2) is 45.8 Å². The van der Waals surface area contributed by atoms with Gasteiger partial charge < -0.3 is 15.4 Å². The minimum absolute atomic E-state index is 0.402. The average Bonchev–Trinajstić information content (AvgIpc) is 3.34. The van der Waals surface area contributed by atoms with E-state index in [0.717, 1.165) is 47.4 Å². The van der Waals surface area contributed by atoms with Gasteiger partial charge in [-0.2, -0.15) is 5.10 Å². The monoisotopic (exact) mass is 364 g/mol. The van der Waals surface area contributed by atoms with Crippen molar-refractivity contribution in [1.29, 1.82) is 0 Å². The van der Waals surface area contributed by atoms with Crippen molar-refractivity contribution in [2.75, 3.05) is 25.5 Å². The van der Waals surface area contributed by atoms with Gasteiger partial charge in [-0.1, -0.05) is 13.0 Å². The number of nitrogens with zero attached hydrogens (tertiary/aromatic N) is 4. The van der Waals surface area contributed by atoms with Gasteiger partial charge in [0, 0.05) is 24.6 Å². The van der Waals surface area contributed by atoms with Crippen molar-refractivity contribution < 1.29 is 4.74 Å². The van der Waals surface area contributed by atoms with Crippen LogP contribution < -0.4 is 15.4 Å². The second-order valence-corrected chi connectivity index (χ2v) is 7.58. The summed E-state index contributed by atoms with van der Waals surface area (Å²) < 4.78 is 7.42. The zero-order valence-electron chi connectivity index (χ0n) is 15.6. The molecule has 0 aromatic carbocycles. The Morgan fingerprint density at radius 3 is 2.89 bits per heavy atom. The van der Waals surface area contributed by atoms with E-state index in [4.69, 9.17) is 14.8 Å². The minimum atomic E-state index is 0.402. The lowest BCUT2D eigenvalue weighted by atomic mass is 10.1. The molecule has 1 aliphatic heterocycles. The SMILES string of the molecule is COc1cc2ncc(-c3cccc(N[C@H]4CNC[C@@H]4C)n3)n2nc1C1CC1. The molecule has 0 amide bonds. The van der Waals surface area contributed by atoms with Gasteiger partial charge in [0.2, 0.25) is 0 Å². The van der Waals surface area contributed by atoms with Crippen LogP contribution in [0, 0.1) is 5.92 Å². The molecule has 3 aromatic rings. The van der Waals surface area contributed by atoms with Crippen LogP contribution in [0.5, 0.6) is 5.75 Å². The number of hydrogen-bond acceptors (Lipinski definition) is 6. The first-order valence-electron chi connectivity index (χ1n) is 9.60. The fourth-order valence-corrected chi connectivity index (χ4v) is 3.74. The highest BCUT2D eigenvalue weighted by Gasteiger charge is 2.30. The van der Waals surface area contributed by atoms with Gasteiger partial charge in [-0.15, -0.1) is 0 Å². The smallest absolute Gasteiger partial charge is 0.157 e. The molecule has 0 spiro atoms. The zero-order valence-corrected chi connectivity index (χ0v) is 15.6. The van der Waals surface area contributed by atoms with E-state index in [-0.39, 0.29) is 0 Å². The van der Waals surface area contributed by atoms with Crippen molar-refractivity contribution in [2.24, 2.45) is 5.92 Å². The average molecular weight is 364 g/mol. The molecular formula is C20H24N6O. The van der Waals surface area contributed by atoms with Gasteiger partial charge in [0.15, 0.2) is 5.65 Å². The maximum absolute atomic E-state index is 5.53. The summed E-state index contributed by atoms with van der Waals surface area (Å²) in [4.78, 5) is 9.34. The van der Waals surface area contributed by atoms with Crippen LogP contribution in [0.3, 0.4) is 0 Å². The Morgan fingerprint density at radius 2 is 2.15 bits per heavy atom. The number of rotatable bonds is 5. The maximum Gasteiger partial charge on any atom is 0.157 e. The van der Waals surface area contributed by atoms with Gasteiger partial charge >= 0.3 is 0 Å². The number of methoxy groups -OCH3 is 1. The second-order valence-electron chi connectivity index (χ2n) is 7.58. The molecule has 27 heavy (non-hydrogen) atoms. The summed E-state index contributed by atoms with van der Waals surface area (Å²) in [7, 11) is 1.69. The number of nitrogens with one attached hydrogen (secondary N) is 2. The third kappa shape index (κ3) is 3.02. The Labute approximate surface area is 158 Å². The number of ether oxygens (including phenoxy) is 1. The van der Waals surface area contributed by atoms with Crippen molar-refractivity contribution in [3.8, 4) is 17.1 Å². The normalized spacial score (nSPS) is 22.3. The van der Waals surface area contributed by atoms with Gasteiger partial charge in [-0.25, -0.2) is 14.5 Å². The molecule has 3 aromatic heterocycles. The predicted molar refractivity (Wildman–Crippen MR) is 104 cm³/mol. The number of fused-ring (bicyclic) bond motifs is 1. The van der Waals surface area contributed by atoms with Crippen molar-refractivity contribution in [1.82, 2.24) is 24.9 Å². The summed E-state index contributed by atoms with van der Waals surface area (Å²) in [6.07, 6.45) is 4.18. The van der Waals surface area contributed by atoms with E-state index in [1.165, 1.54) is 12.8 Å². The molecule has 0 bridgehead atoms. The summed E-state index contributed by atoms with van der Waals surface area (Å²) in [6.45, 7) is 4.26. The maximum atomic E-state index is 5.53. The van der Waals surface area contributed by atoms with E-state index in [9.17, 15) is 0 Å². The first kappa shape index (κ1) is 16.5. The van der Waals surface area contributed by atoms with Crippen LogP contribution in [0.4, 0.5) is 5.82 Å². The van der Waals surface area contributed by atoms with Gasteiger partial charge in [0.1, 0.15) is 23.0 Å². The largest absolute Gasteiger partial charge is 0.495 e. The lowest BCUT2D eigenvalue weighted by molar-refractivity contribution is 0.405. The van der Waals surface area contributed by atoms with Gasteiger partial charge in [-0.05, 0) is 37.4 Å². The van der Waals surface area contributed by atoms with E-state index < -0.39 is 0 Å². The molecule has 7 nitrogen and oxygen atoms in total. The third-order valence-electron chi connectivity index (χ3n) is 5.53. The van der Waals surface area contributed by atoms with Crippen molar-refractivity contribution in [2.45, 2.75) is 31.7 Å². The fourth-order valence-electron chi connectivity index (χ4n) is 3.74. The molecule has 5 rings (SSSR count). The number of imidazole rings is 1. The lowest BCUT2D eigenvalue weighted by Crippen LogP contribution is -2.27. The van der Waals surface area contributed by atoms with Gasteiger partial charge in [0.05, 0.1) is 19.0 Å². The fraction of sp³-hybridized carbons (Fsp3) is 0.450. The summed E-state index contributed by atoms with van der Waals surface area (Å²) in [5, 5.41) is 11.8. The molecule has 2 N–H and O–H groups in total. The molecule has 4 heterocycles. The Hall–Kier alpha value is -2.67.